The van der Waals surface area contributed by atoms with E-state index in [1.54, 1.807) is 18.2 Å². The highest BCUT2D eigenvalue weighted by Gasteiger charge is 2.40. The fraction of sp³-hybridized carbons (Fsp3) is 0.550. The number of nitrogens with zero attached hydrogens (tertiary/aromatic N) is 3. The van der Waals surface area contributed by atoms with E-state index < -0.39 is 0 Å². The predicted molar refractivity (Wildman–Crippen MR) is 95.1 cm³/mol. The van der Waals surface area contributed by atoms with Crippen LogP contribution in [0.4, 0.5) is 0 Å². The molecule has 1 fully saturated rings. The van der Waals surface area contributed by atoms with Gasteiger partial charge < -0.3 is 9.30 Å². The molecule has 1 aromatic heterocycles. The zero-order chi connectivity index (χ0) is 16.4. The Hall–Kier alpha value is -1.65. The van der Waals surface area contributed by atoms with Crippen molar-refractivity contribution in [1.82, 2.24) is 14.5 Å². The zero-order valence-electron chi connectivity index (χ0n) is 14.6. The van der Waals surface area contributed by atoms with Crippen molar-refractivity contribution in [2.45, 2.75) is 44.2 Å². The van der Waals surface area contributed by atoms with Crippen LogP contribution in [0.25, 0.3) is 0 Å². The lowest BCUT2D eigenvalue weighted by Gasteiger charge is -2.40. The van der Waals surface area contributed by atoms with Gasteiger partial charge >= 0.3 is 0 Å². The predicted octanol–water partition coefficient (Wildman–Crippen LogP) is 3.01. The number of aromatic nitrogens is 2. The van der Waals surface area contributed by atoms with Gasteiger partial charge in [0.25, 0.3) is 0 Å². The lowest BCUT2D eigenvalue weighted by atomic mass is 9.74. The van der Waals surface area contributed by atoms with E-state index in [0.717, 1.165) is 19.7 Å². The molecule has 0 radical (unpaired) electrons. The van der Waals surface area contributed by atoms with E-state index in [1.165, 1.54) is 44.5 Å². The minimum absolute atomic E-state index is 0.448. The van der Waals surface area contributed by atoms with Gasteiger partial charge in [-0.05, 0) is 55.3 Å². The summed E-state index contributed by atoms with van der Waals surface area (Å²) in [4.78, 5) is 6.91. The molecule has 1 aliphatic heterocycles. The Bertz CT molecular complexity index is 686. The van der Waals surface area contributed by atoms with E-state index in [1.807, 2.05) is 12.5 Å². The van der Waals surface area contributed by atoms with Gasteiger partial charge in [0.15, 0.2) is 0 Å². The summed E-state index contributed by atoms with van der Waals surface area (Å²) in [6, 6.07) is 9.10. The normalized spacial score (nSPS) is 19.7. The van der Waals surface area contributed by atoms with Crippen molar-refractivity contribution in [2.75, 3.05) is 26.8 Å². The molecule has 2 aromatic rings. The molecule has 0 saturated carbocycles. The van der Waals surface area contributed by atoms with E-state index in [4.69, 9.17) is 4.74 Å². The van der Waals surface area contributed by atoms with Crippen LogP contribution in [-0.2, 0) is 29.7 Å². The number of hydrogen-bond acceptors (Lipinski definition) is 3. The lowest BCUT2D eigenvalue weighted by molar-refractivity contribution is 0.147. The fourth-order valence-corrected chi connectivity index (χ4v) is 4.52. The summed E-state index contributed by atoms with van der Waals surface area (Å²) in [6.07, 6.45) is 9.11. The van der Waals surface area contributed by atoms with Gasteiger partial charge in [-0.25, -0.2) is 4.98 Å². The summed E-state index contributed by atoms with van der Waals surface area (Å²) in [5.74, 6) is 0. The minimum Gasteiger partial charge on any atom is -0.383 e. The number of piperidine rings is 1. The fourth-order valence-electron chi connectivity index (χ4n) is 4.52. The van der Waals surface area contributed by atoms with Crippen LogP contribution in [-0.4, -0.2) is 41.3 Å². The van der Waals surface area contributed by atoms with Crippen LogP contribution < -0.4 is 0 Å². The zero-order valence-corrected chi connectivity index (χ0v) is 14.6. The van der Waals surface area contributed by atoms with Crippen LogP contribution in [0, 0.1) is 0 Å². The Morgan fingerprint density at radius 3 is 2.83 bits per heavy atom. The van der Waals surface area contributed by atoms with Crippen molar-refractivity contribution in [1.29, 1.82) is 0 Å². The third kappa shape index (κ3) is 2.89. The molecular weight excluding hydrogens is 298 g/mol. The van der Waals surface area contributed by atoms with Crippen LogP contribution in [0.5, 0.6) is 0 Å². The molecule has 4 rings (SSSR count). The number of rotatable bonds is 5. The average molecular weight is 325 g/mol. The first-order valence-corrected chi connectivity index (χ1v) is 9.09. The minimum atomic E-state index is 0.448. The molecule has 1 saturated heterocycles. The smallest absolute Gasteiger partial charge is 0.0949 e. The lowest BCUT2D eigenvalue weighted by Crippen LogP contribution is -2.41. The Kier molecular flexibility index (Phi) is 4.42. The summed E-state index contributed by atoms with van der Waals surface area (Å²) < 4.78 is 7.42. The van der Waals surface area contributed by atoms with Crippen LogP contribution in [0.3, 0.4) is 0 Å². The highest BCUT2D eigenvalue weighted by molar-refractivity contribution is 5.39. The number of imidazole rings is 1. The molecule has 0 atom stereocenters. The van der Waals surface area contributed by atoms with E-state index in [9.17, 15) is 0 Å². The van der Waals surface area contributed by atoms with Crippen LogP contribution in [0.2, 0.25) is 0 Å². The summed E-state index contributed by atoms with van der Waals surface area (Å²) in [6.45, 7) is 5.00. The third-order valence-corrected chi connectivity index (χ3v) is 6.00. The molecule has 1 spiro atoms. The molecule has 0 bridgehead atoms. The average Bonchev–Trinajstić information content (AvgIpc) is 3.21. The molecule has 4 heteroatoms. The van der Waals surface area contributed by atoms with Crippen molar-refractivity contribution in [2.24, 2.45) is 0 Å². The summed E-state index contributed by atoms with van der Waals surface area (Å²) in [7, 11) is 1.75. The van der Waals surface area contributed by atoms with Gasteiger partial charge in [-0.15, -0.1) is 0 Å². The topological polar surface area (TPSA) is 30.3 Å². The van der Waals surface area contributed by atoms with Crippen molar-refractivity contribution < 1.29 is 4.74 Å². The highest BCUT2D eigenvalue weighted by Crippen LogP contribution is 2.46. The first-order valence-electron chi connectivity index (χ1n) is 9.09. The molecule has 0 amide bonds. The maximum atomic E-state index is 5.19. The molecule has 0 unspecified atom stereocenters. The molecule has 24 heavy (non-hydrogen) atoms. The number of aryl methyl sites for hydroxylation is 1. The summed E-state index contributed by atoms with van der Waals surface area (Å²) >= 11 is 0. The standard InChI is InChI=1S/C20H27N3O/c1-24-13-12-23-16-21-14-18(23)15-22-10-8-20(9-11-22)7-6-17-4-2-3-5-19(17)20/h2-5,14,16H,6-13,15H2,1H3. The Balaban J connectivity index is 1.40. The van der Waals surface area contributed by atoms with Crippen LogP contribution in [0.1, 0.15) is 36.1 Å². The second kappa shape index (κ2) is 6.69. The number of benzene rings is 1. The van der Waals surface area contributed by atoms with Crippen molar-refractivity contribution in [3.05, 3.63) is 53.6 Å². The molecule has 128 valence electrons. The van der Waals surface area contributed by atoms with Crippen molar-refractivity contribution >= 4 is 0 Å². The largest absolute Gasteiger partial charge is 0.383 e. The molecule has 1 aromatic carbocycles. The monoisotopic (exact) mass is 325 g/mol. The quantitative estimate of drug-likeness (QED) is 0.846. The van der Waals surface area contributed by atoms with Gasteiger partial charge in [-0.2, -0.15) is 0 Å². The van der Waals surface area contributed by atoms with E-state index in [-0.39, 0.29) is 0 Å². The maximum Gasteiger partial charge on any atom is 0.0949 e. The van der Waals surface area contributed by atoms with Crippen LogP contribution in [0.15, 0.2) is 36.8 Å². The van der Waals surface area contributed by atoms with Crippen molar-refractivity contribution in [3.8, 4) is 0 Å². The number of fused-ring (bicyclic) bond motifs is 2. The Labute approximate surface area is 144 Å². The van der Waals surface area contributed by atoms with E-state index in [2.05, 4.69) is 38.7 Å². The van der Waals surface area contributed by atoms with E-state index in [0.29, 0.717) is 5.41 Å². The molecule has 0 N–H and O–H groups in total. The molecule has 4 nitrogen and oxygen atoms in total. The van der Waals surface area contributed by atoms with E-state index >= 15 is 0 Å². The molecule has 2 heterocycles. The molecular formula is C20H27N3O. The van der Waals surface area contributed by atoms with Gasteiger partial charge in [0.1, 0.15) is 0 Å². The van der Waals surface area contributed by atoms with Gasteiger partial charge in [0.2, 0.25) is 0 Å². The first kappa shape index (κ1) is 15.9. The first-order chi connectivity index (χ1) is 11.8. The summed E-state index contributed by atoms with van der Waals surface area (Å²) in [5.41, 5.74) is 4.97. The van der Waals surface area contributed by atoms with Gasteiger partial charge in [-0.3, -0.25) is 4.90 Å². The molecule has 2 aliphatic rings. The Morgan fingerprint density at radius 1 is 1.17 bits per heavy atom. The van der Waals surface area contributed by atoms with Crippen molar-refractivity contribution in [3.63, 3.8) is 0 Å². The number of methoxy groups -OCH3 is 1. The molecule has 1 aliphatic carbocycles. The number of ether oxygens (including phenoxy) is 1. The van der Waals surface area contributed by atoms with Gasteiger partial charge in [-0.1, -0.05) is 24.3 Å². The maximum absolute atomic E-state index is 5.19. The number of hydrogen-bond donors (Lipinski definition) is 0. The SMILES string of the molecule is COCCn1cncc1CN1CCC2(CCc3ccccc32)CC1. The van der Waals surface area contributed by atoms with Gasteiger partial charge in [0.05, 0.1) is 18.6 Å². The van der Waals surface area contributed by atoms with Gasteiger partial charge in [0, 0.05) is 26.4 Å². The summed E-state index contributed by atoms with van der Waals surface area (Å²) in [5, 5.41) is 0. The highest BCUT2D eigenvalue weighted by atomic mass is 16.5. The van der Waals surface area contributed by atoms with Crippen LogP contribution >= 0.6 is 0 Å². The Morgan fingerprint density at radius 2 is 2.00 bits per heavy atom. The second-order valence-corrected chi connectivity index (χ2v) is 7.28. The third-order valence-electron chi connectivity index (χ3n) is 6.00. The number of likely N-dealkylation sites (tertiary alicyclic amines) is 1. The second-order valence-electron chi connectivity index (χ2n) is 7.28.